The minimum absolute atomic E-state index is 0.0995. The number of ether oxygens (including phenoxy) is 3. The molecule has 0 saturated carbocycles. The van der Waals surface area contributed by atoms with E-state index < -0.39 is 67.4 Å². The van der Waals surface area contributed by atoms with E-state index in [0.717, 1.165) is 103 Å². The van der Waals surface area contributed by atoms with E-state index in [1.165, 1.54) is 83.5 Å². The zero-order valence-electron chi connectivity index (χ0n) is 45.1. The molecule has 0 bridgehead atoms. The van der Waals surface area contributed by atoms with E-state index in [-0.39, 0.29) is 19.4 Å². The fraction of sp³-hybridized carbons (Fsp3) is 0.767. The van der Waals surface area contributed by atoms with E-state index in [4.69, 9.17) is 14.2 Å². The van der Waals surface area contributed by atoms with Crippen molar-refractivity contribution in [1.82, 2.24) is 5.32 Å². The number of unbranched alkanes of at least 4 members (excludes halogenated alkanes) is 23. The molecule has 0 aromatic rings. The van der Waals surface area contributed by atoms with Gasteiger partial charge < -0.3 is 45.1 Å². The fourth-order valence-electron chi connectivity index (χ4n) is 8.56. The molecular formula is C60H105NO10. The summed E-state index contributed by atoms with van der Waals surface area (Å²) >= 11 is 0. The van der Waals surface area contributed by atoms with Crippen molar-refractivity contribution >= 4 is 11.9 Å². The summed E-state index contributed by atoms with van der Waals surface area (Å²) in [4.78, 5) is 26.4. The van der Waals surface area contributed by atoms with Crippen LogP contribution in [0.15, 0.2) is 72.9 Å². The van der Waals surface area contributed by atoms with Crippen molar-refractivity contribution in [3.05, 3.63) is 72.9 Å². The Hall–Kier alpha value is -2.90. The fourth-order valence-corrected chi connectivity index (χ4v) is 8.56. The Bertz CT molecular complexity index is 1430. The van der Waals surface area contributed by atoms with Gasteiger partial charge in [0.1, 0.15) is 24.4 Å². The van der Waals surface area contributed by atoms with Gasteiger partial charge in [-0.15, -0.1) is 0 Å². The van der Waals surface area contributed by atoms with E-state index in [2.05, 4.69) is 86.8 Å². The quantitative estimate of drug-likeness (QED) is 0.0196. The number of hydrogen-bond donors (Lipinski definition) is 6. The van der Waals surface area contributed by atoms with Gasteiger partial charge in [-0.25, -0.2) is 0 Å². The Kier molecular flexibility index (Phi) is 44.8. The maximum atomic E-state index is 13.3. The third-order valence-electron chi connectivity index (χ3n) is 13.1. The van der Waals surface area contributed by atoms with Crippen LogP contribution in [0.2, 0.25) is 0 Å². The highest BCUT2D eigenvalue weighted by molar-refractivity contribution is 5.80. The zero-order valence-corrected chi connectivity index (χ0v) is 45.1. The van der Waals surface area contributed by atoms with Crippen LogP contribution in [0.1, 0.15) is 233 Å². The van der Waals surface area contributed by atoms with Crippen LogP contribution in [0.4, 0.5) is 0 Å². The lowest BCUT2D eigenvalue weighted by molar-refractivity contribution is -0.305. The molecular weight excluding hydrogens is 895 g/mol. The SMILES string of the molecule is CC/C=C\C/C=C\C/C=C\C/C=C\C/C=C\CCCCCCCC(=O)OC1C(OCC(NC(=O)C(O)CCCCCCCCCCCC)C(O)/C=C/CCCCCCCCCCC)OC(CO)C(O)C1O. The normalized spacial score (nSPS) is 20.1. The van der Waals surface area contributed by atoms with Gasteiger partial charge in [-0.1, -0.05) is 229 Å². The number of aliphatic hydroxyl groups is 5. The van der Waals surface area contributed by atoms with E-state index in [9.17, 15) is 35.1 Å². The highest BCUT2D eigenvalue weighted by Crippen LogP contribution is 2.26. The van der Waals surface area contributed by atoms with Crippen LogP contribution < -0.4 is 5.32 Å². The number of amides is 1. The van der Waals surface area contributed by atoms with Crippen LogP contribution >= 0.6 is 0 Å². The average Bonchev–Trinajstić information content (AvgIpc) is 3.37. The smallest absolute Gasteiger partial charge is 0.306 e. The van der Waals surface area contributed by atoms with Crippen molar-refractivity contribution in [3.63, 3.8) is 0 Å². The van der Waals surface area contributed by atoms with Crippen molar-refractivity contribution in [2.75, 3.05) is 13.2 Å². The highest BCUT2D eigenvalue weighted by atomic mass is 16.7. The maximum Gasteiger partial charge on any atom is 0.306 e. The first-order chi connectivity index (χ1) is 34.7. The maximum absolute atomic E-state index is 13.3. The molecule has 410 valence electrons. The number of hydrogen-bond acceptors (Lipinski definition) is 10. The third-order valence-corrected chi connectivity index (χ3v) is 13.1. The molecule has 1 rings (SSSR count). The molecule has 0 aliphatic carbocycles. The minimum Gasteiger partial charge on any atom is -0.454 e. The first-order valence-corrected chi connectivity index (χ1v) is 28.7. The van der Waals surface area contributed by atoms with Gasteiger partial charge in [0, 0.05) is 6.42 Å². The predicted octanol–water partition coefficient (Wildman–Crippen LogP) is 12.8. The zero-order chi connectivity index (χ0) is 51.8. The molecule has 11 heteroatoms. The monoisotopic (exact) mass is 1000 g/mol. The number of carbonyl (C=O) groups is 2. The molecule has 8 unspecified atom stereocenters. The Morgan fingerprint density at radius 3 is 1.52 bits per heavy atom. The Morgan fingerprint density at radius 1 is 0.563 bits per heavy atom. The molecule has 1 amide bonds. The molecule has 1 aliphatic heterocycles. The lowest BCUT2D eigenvalue weighted by atomic mass is 9.99. The second-order valence-electron chi connectivity index (χ2n) is 19.6. The molecule has 1 heterocycles. The van der Waals surface area contributed by atoms with Gasteiger partial charge in [-0.3, -0.25) is 9.59 Å². The van der Waals surface area contributed by atoms with Crippen LogP contribution in [0, 0.1) is 0 Å². The molecule has 0 spiro atoms. The van der Waals surface area contributed by atoms with Gasteiger partial charge in [0.05, 0.1) is 25.4 Å². The Labute approximate surface area is 432 Å². The van der Waals surface area contributed by atoms with Crippen LogP contribution in [-0.4, -0.2) is 99.6 Å². The van der Waals surface area contributed by atoms with Crippen LogP contribution in [0.3, 0.4) is 0 Å². The van der Waals surface area contributed by atoms with Gasteiger partial charge in [0.25, 0.3) is 0 Å². The average molecular weight is 1000 g/mol. The van der Waals surface area contributed by atoms with E-state index in [1.807, 2.05) is 6.08 Å². The third kappa shape index (κ3) is 36.6. The summed E-state index contributed by atoms with van der Waals surface area (Å²) in [5, 5.41) is 56.7. The summed E-state index contributed by atoms with van der Waals surface area (Å²) in [6.07, 6.45) is 49.5. The molecule has 0 radical (unpaired) electrons. The summed E-state index contributed by atoms with van der Waals surface area (Å²) in [5.41, 5.74) is 0. The van der Waals surface area contributed by atoms with Crippen LogP contribution in [0.25, 0.3) is 0 Å². The molecule has 71 heavy (non-hydrogen) atoms. The van der Waals surface area contributed by atoms with Gasteiger partial charge in [-0.2, -0.15) is 0 Å². The first-order valence-electron chi connectivity index (χ1n) is 28.7. The molecule has 1 saturated heterocycles. The lowest BCUT2D eigenvalue weighted by Crippen LogP contribution is -2.61. The summed E-state index contributed by atoms with van der Waals surface area (Å²) < 4.78 is 17.5. The topological polar surface area (TPSA) is 175 Å². The number of nitrogens with one attached hydrogen (secondary N) is 1. The Morgan fingerprint density at radius 2 is 1.01 bits per heavy atom. The number of allylic oxidation sites excluding steroid dienone is 11. The molecule has 0 aromatic carbocycles. The lowest BCUT2D eigenvalue weighted by Gasteiger charge is -2.41. The van der Waals surface area contributed by atoms with Gasteiger partial charge in [0.15, 0.2) is 12.4 Å². The minimum atomic E-state index is -1.62. The van der Waals surface area contributed by atoms with Gasteiger partial charge in [0.2, 0.25) is 5.91 Å². The molecule has 6 N–H and O–H groups in total. The van der Waals surface area contributed by atoms with Crippen molar-refractivity contribution in [3.8, 4) is 0 Å². The number of carbonyl (C=O) groups excluding carboxylic acids is 2. The van der Waals surface area contributed by atoms with Crippen LogP contribution in [-0.2, 0) is 23.8 Å². The molecule has 8 atom stereocenters. The number of aliphatic hydroxyl groups excluding tert-OH is 5. The Balaban J connectivity index is 2.68. The van der Waals surface area contributed by atoms with Crippen molar-refractivity contribution < 1.29 is 49.3 Å². The van der Waals surface area contributed by atoms with E-state index in [0.29, 0.717) is 12.8 Å². The predicted molar refractivity (Wildman–Crippen MR) is 292 cm³/mol. The molecule has 0 aromatic heterocycles. The summed E-state index contributed by atoms with van der Waals surface area (Å²) in [7, 11) is 0. The summed E-state index contributed by atoms with van der Waals surface area (Å²) in [6, 6.07) is -1.03. The second kappa shape index (κ2) is 48.1. The van der Waals surface area contributed by atoms with Gasteiger partial charge in [-0.05, 0) is 70.6 Å². The van der Waals surface area contributed by atoms with Crippen LogP contribution in [0.5, 0.6) is 0 Å². The molecule has 1 fully saturated rings. The van der Waals surface area contributed by atoms with E-state index >= 15 is 0 Å². The number of rotatable bonds is 47. The summed E-state index contributed by atoms with van der Waals surface area (Å²) in [6.45, 7) is 5.62. The van der Waals surface area contributed by atoms with Gasteiger partial charge >= 0.3 is 5.97 Å². The number of esters is 1. The molecule has 11 nitrogen and oxygen atoms in total. The first kappa shape index (κ1) is 66.1. The van der Waals surface area contributed by atoms with Crippen molar-refractivity contribution in [2.24, 2.45) is 0 Å². The van der Waals surface area contributed by atoms with E-state index in [1.54, 1.807) is 6.08 Å². The van der Waals surface area contributed by atoms with Crippen molar-refractivity contribution in [1.29, 1.82) is 0 Å². The highest BCUT2D eigenvalue weighted by Gasteiger charge is 2.47. The standard InChI is InChI=1S/C60H105NO10/c1-4-7-10-13-16-19-22-23-24-25-26-27-28-29-30-31-33-36-39-42-45-48-55(65)71-58-57(67)56(66)54(49-62)70-60(58)69-50-51(52(63)46-43-40-37-35-32-20-17-14-11-8-5-2)61-59(68)53(64)47-44-41-38-34-21-18-15-12-9-6-3/h7,10,16,19,23-24,26-27,29-30,43,46,51-54,56-58,60,62-64,66-67H,4-6,8-9,11-15,17-18,20-22,25,28,31-42,44-45,47-50H2,1-3H3,(H,61,68)/b10-7-,19-16-,24-23-,27-26-,30-29-,46-43+. The van der Waals surface area contributed by atoms with Crippen molar-refractivity contribution in [2.45, 2.75) is 282 Å². The second-order valence-corrected chi connectivity index (χ2v) is 19.6. The largest absolute Gasteiger partial charge is 0.454 e. The molecule has 1 aliphatic rings. The summed E-state index contributed by atoms with van der Waals surface area (Å²) in [5.74, 6) is -1.22.